The molecule has 1 aliphatic rings. The summed E-state index contributed by atoms with van der Waals surface area (Å²) in [6, 6.07) is 2.26. The van der Waals surface area contributed by atoms with Crippen molar-refractivity contribution in [1.82, 2.24) is 10.1 Å². The summed E-state index contributed by atoms with van der Waals surface area (Å²) in [7, 11) is 0. The number of nitrogens with zero attached hydrogens (tertiary/aromatic N) is 1. The van der Waals surface area contributed by atoms with E-state index in [0.29, 0.717) is 0 Å². The Kier molecular flexibility index (Phi) is 2.13. The van der Waals surface area contributed by atoms with Crippen LogP contribution in [0.3, 0.4) is 0 Å². The summed E-state index contributed by atoms with van der Waals surface area (Å²) in [5.74, 6) is 0.899. The normalized spacial score (nSPS) is 15.1. The average Bonchev–Trinajstić information content (AvgIpc) is 2.82. The number of hydrogen-bond acceptors (Lipinski definition) is 2. The molecule has 84 valence electrons. The van der Waals surface area contributed by atoms with Gasteiger partial charge in [-0.2, -0.15) is 0 Å². The molecule has 0 saturated carbocycles. The number of hydrogen-bond donors (Lipinski definition) is 1. The third kappa shape index (κ3) is 1.39. The maximum atomic E-state index is 5.21. The molecule has 0 aliphatic heterocycles. The van der Waals surface area contributed by atoms with Crippen LogP contribution in [-0.4, -0.2) is 10.1 Å². The molecule has 0 aromatic carbocycles. The zero-order valence-electron chi connectivity index (χ0n) is 9.76. The van der Waals surface area contributed by atoms with E-state index in [1.165, 1.54) is 42.6 Å². The minimum atomic E-state index is 0.899. The number of fused-ring (bicyclic) bond motifs is 1. The van der Waals surface area contributed by atoms with E-state index in [1.54, 1.807) is 0 Å². The summed E-state index contributed by atoms with van der Waals surface area (Å²) in [5, 5.41) is 4.00. The van der Waals surface area contributed by atoms with Gasteiger partial charge in [0.05, 0.1) is 17.0 Å². The van der Waals surface area contributed by atoms with Gasteiger partial charge >= 0.3 is 0 Å². The van der Waals surface area contributed by atoms with E-state index < -0.39 is 0 Å². The second kappa shape index (κ2) is 3.51. The summed E-state index contributed by atoms with van der Waals surface area (Å²) in [6.07, 6.45) is 4.99. The molecule has 0 fully saturated rings. The molecule has 3 rings (SSSR count). The highest BCUT2D eigenvalue weighted by Gasteiger charge is 2.17. The predicted octanol–water partition coefficient (Wildman–Crippen LogP) is 3.17. The lowest BCUT2D eigenvalue weighted by molar-refractivity contribution is 0.393. The van der Waals surface area contributed by atoms with Gasteiger partial charge in [0.1, 0.15) is 5.76 Å². The maximum absolute atomic E-state index is 5.21. The third-order valence-corrected chi connectivity index (χ3v) is 3.42. The molecule has 2 heterocycles. The van der Waals surface area contributed by atoms with E-state index in [-0.39, 0.29) is 0 Å². The number of aromatic amines is 1. The van der Waals surface area contributed by atoms with Gasteiger partial charge < -0.3 is 9.51 Å². The lowest BCUT2D eigenvalue weighted by Gasteiger charge is -2.08. The first-order chi connectivity index (χ1) is 7.75. The number of rotatable bonds is 1. The number of H-pyrrole nitrogens is 1. The van der Waals surface area contributed by atoms with Crippen LogP contribution in [0, 0.1) is 13.8 Å². The van der Waals surface area contributed by atoms with Crippen molar-refractivity contribution in [2.24, 2.45) is 0 Å². The molecule has 16 heavy (non-hydrogen) atoms. The predicted molar refractivity (Wildman–Crippen MR) is 62.4 cm³/mol. The van der Waals surface area contributed by atoms with Crippen LogP contribution in [0.25, 0.3) is 11.3 Å². The van der Waals surface area contributed by atoms with Gasteiger partial charge in [0.25, 0.3) is 0 Å². The standard InChI is InChI=1S/C13H16N2O/c1-8-13(9(2)16-15-8)12-7-10-5-3-4-6-11(10)14-12/h7,14H,3-6H2,1-2H3. The van der Waals surface area contributed by atoms with Crippen molar-refractivity contribution in [2.45, 2.75) is 39.5 Å². The molecule has 0 bridgehead atoms. The first kappa shape index (κ1) is 9.70. The smallest absolute Gasteiger partial charge is 0.143 e. The summed E-state index contributed by atoms with van der Waals surface area (Å²) < 4.78 is 5.21. The van der Waals surface area contributed by atoms with Gasteiger partial charge in [0, 0.05) is 5.69 Å². The van der Waals surface area contributed by atoms with Crippen molar-refractivity contribution in [1.29, 1.82) is 0 Å². The van der Waals surface area contributed by atoms with E-state index in [2.05, 4.69) is 16.2 Å². The van der Waals surface area contributed by atoms with Crippen LogP contribution in [0.4, 0.5) is 0 Å². The van der Waals surface area contributed by atoms with Crippen LogP contribution in [0.15, 0.2) is 10.6 Å². The molecular weight excluding hydrogens is 200 g/mol. The molecule has 0 spiro atoms. The van der Waals surface area contributed by atoms with E-state index in [1.807, 2.05) is 13.8 Å². The van der Waals surface area contributed by atoms with Crippen LogP contribution < -0.4 is 0 Å². The Labute approximate surface area is 94.8 Å². The molecule has 0 unspecified atom stereocenters. The molecule has 0 amide bonds. The summed E-state index contributed by atoms with van der Waals surface area (Å²) in [5.41, 5.74) is 6.15. The van der Waals surface area contributed by atoms with Gasteiger partial charge in [-0.05, 0) is 51.2 Å². The Morgan fingerprint density at radius 3 is 2.75 bits per heavy atom. The van der Waals surface area contributed by atoms with E-state index in [4.69, 9.17) is 4.52 Å². The fraction of sp³-hybridized carbons (Fsp3) is 0.462. The topological polar surface area (TPSA) is 41.8 Å². The molecular formula is C13H16N2O. The molecule has 0 saturated heterocycles. The van der Waals surface area contributed by atoms with E-state index in [9.17, 15) is 0 Å². The van der Waals surface area contributed by atoms with Gasteiger partial charge in [-0.25, -0.2) is 0 Å². The molecule has 1 N–H and O–H groups in total. The molecule has 2 aromatic rings. The molecule has 0 radical (unpaired) electrons. The first-order valence-electron chi connectivity index (χ1n) is 5.89. The van der Waals surface area contributed by atoms with Crippen molar-refractivity contribution >= 4 is 0 Å². The van der Waals surface area contributed by atoms with Gasteiger partial charge in [0.2, 0.25) is 0 Å². The highest BCUT2D eigenvalue weighted by Crippen LogP contribution is 2.30. The van der Waals surface area contributed by atoms with Crippen LogP contribution in [0.2, 0.25) is 0 Å². The average molecular weight is 216 g/mol. The van der Waals surface area contributed by atoms with Gasteiger partial charge in [-0.1, -0.05) is 5.16 Å². The lowest BCUT2D eigenvalue weighted by atomic mass is 9.98. The van der Waals surface area contributed by atoms with Gasteiger partial charge in [0.15, 0.2) is 0 Å². The third-order valence-electron chi connectivity index (χ3n) is 3.42. The Bertz CT molecular complexity index is 479. The maximum Gasteiger partial charge on any atom is 0.143 e. The number of aryl methyl sites for hydroxylation is 4. The molecule has 1 aliphatic carbocycles. The summed E-state index contributed by atoms with van der Waals surface area (Å²) in [6.45, 7) is 3.96. The van der Waals surface area contributed by atoms with Crippen LogP contribution in [0.1, 0.15) is 35.6 Å². The van der Waals surface area contributed by atoms with Crippen molar-refractivity contribution in [3.05, 3.63) is 28.8 Å². The van der Waals surface area contributed by atoms with Gasteiger partial charge in [-0.15, -0.1) is 0 Å². The largest absolute Gasteiger partial charge is 0.361 e. The van der Waals surface area contributed by atoms with Crippen molar-refractivity contribution in [3.63, 3.8) is 0 Å². The first-order valence-corrected chi connectivity index (χ1v) is 5.89. The van der Waals surface area contributed by atoms with E-state index in [0.717, 1.165) is 17.0 Å². The van der Waals surface area contributed by atoms with Gasteiger partial charge in [-0.3, -0.25) is 0 Å². The minimum absolute atomic E-state index is 0.899. The Morgan fingerprint density at radius 1 is 1.25 bits per heavy atom. The monoisotopic (exact) mass is 216 g/mol. The highest BCUT2D eigenvalue weighted by atomic mass is 16.5. The lowest BCUT2D eigenvalue weighted by Crippen LogP contribution is -1.99. The summed E-state index contributed by atoms with van der Waals surface area (Å²) in [4.78, 5) is 3.52. The molecule has 2 aromatic heterocycles. The molecule has 3 nitrogen and oxygen atoms in total. The second-order valence-corrected chi connectivity index (χ2v) is 4.59. The van der Waals surface area contributed by atoms with Crippen LogP contribution in [0.5, 0.6) is 0 Å². The minimum Gasteiger partial charge on any atom is -0.361 e. The van der Waals surface area contributed by atoms with Crippen molar-refractivity contribution in [2.75, 3.05) is 0 Å². The van der Waals surface area contributed by atoms with E-state index >= 15 is 0 Å². The van der Waals surface area contributed by atoms with Crippen molar-refractivity contribution in [3.8, 4) is 11.3 Å². The molecule has 0 atom stereocenters. The highest BCUT2D eigenvalue weighted by molar-refractivity contribution is 5.65. The fourth-order valence-corrected chi connectivity index (χ4v) is 2.61. The molecule has 3 heteroatoms. The van der Waals surface area contributed by atoms with Crippen LogP contribution in [-0.2, 0) is 12.8 Å². The number of nitrogens with one attached hydrogen (secondary N) is 1. The fourth-order valence-electron chi connectivity index (χ4n) is 2.61. The zero-order chi connectivity index (χ0) is 11.1. The Morgan fingerprint density at radius 2 is 2.06 bits per heavy atom. The summed E-state index contributed by atoms with van der Waals surface area (Å²) >= 11 is 0. The quantitative estimate of drug-likeness (QED) is 0.795. The van der Waals surface area contributed by atoms with Crippen molar-refractivity contribution < 1.29 is 4.52 Å². The number of aromatic nitrogens is 2. The SMILES string of the molecule is Cc1noc(C)c1-c1cc2c([nH]1)CCCC2. The Hall–Kier alpha value is -1.51. The Balaban J connectivity index is 2.10. The van der Waals surface area contributed by atoms with Crippen LogP contribution >= 0.6 is 0 Å². The zero-order valence-corrected chi connectivity index (χ0v) is 9.76. The second-order valence-electron chi connectivity index (χ2n) is 4.59.